The van der Waals surface area contributed by atoms with E-state index in [-0.39, 0.29) is 24.9 Å². The average Bonchev–Trinajstić information content (AvgIpc) is 3.28. The van der Waals surface area contributed by atoms with Gasteiger partial charge in [0.15, 0.2) is 23.8 Å². The van der Waals surface area contributed by atoms with Gasteiger partial charge in [-0.25, -0.2) is 9.59 Å². The van der Waals surface area contributed by atoms with E-state index in [1.54, 1.807) is 6.08 Å². The second-order valence-electron chi connectivity index (χ2n) is 10.2. The summed E-state index contributed by atoms with van der Waals surface area (Å²) in [5.74, 6) is -1.85. The van der Waals surface area contributed by atoms with Crippen LogP contribution in [0.15, 0.2) is 11.6 Å². The number of cyclic esters (lactones) is 2. The van der Waals surface area contributed by atoms with E-state index in [1.165, 1.54) is 14.2 Å². The van der Waals surface area contributed by atoms with Crippen molar-refractivity contribution in [1.82, 2.24) is 0 Å². The van der Waals surface area contributed by atoms with Crippen LogP contribution in [0.5, 0.6) is 0 Å². The number of ether oxygens (including phenoxy) is 5. The molecule has 178 valence electrons. The van der Waals surface area contributed by atoms with Crippen LogP contribution in [0.25, 0.3) is 0 Å². The van der Waals surface area contributed by atoms with Crippen LogP contribution >= 0.6 is 0 Å². The van der Waals surface area contributed by atoms with Crippen LogP contribution < -0.4 is 0 Å². The number of hydrogen-bond donors (Lipinski definition) is 3. The molecule has 0 aromatic heterocycles. The Morgan fingerprint density at radius 3 is 2.53 bits per heavy atom. The second kappa shape index (κ2) is 6.74. The van der Waals surface area contributed by atoms with Gasteiger partial charge in [0.25, 0.3) is 0 Å². The number of aliphatic hydroxyl groups is 3. The van der Waals surface area contributed by atoms with Crippen molar-refractivity contribution in [3.8, 4) is 0 Å². The minimum absolute atomic E-state index is 0.137. The molecule has 0 aromatic rings. The molecule has 3 N–H and O–H groups in total. The zero-order valence-corrected chi connectivity index (χ0v) is 18.6. The van der Waals surface area contributed by atoms with E-state index >= 15 is 0 Å². The maximum atomic E-state index is 13.1. The molecule has 3 aliphatic heterocycles. The van der Waals surface area contributed by atoms with Crippen LogP contribution in [0.3, 0.4) is 0 Å². The molecule has 3 saturated heterocycles. The summed E-state index contributed by atoms with van der Waals surface area (Å²) < 4.78 is 26.7. The van der Waals surface area contributed by atoms with Crippen molar-refractivity contribution in [2.24, 2.45) is 22.7 Å². The van der Waals surface area contributed by atoms with E-state index in [4.69, 9.17) is 23.7 Å². The van der Waals surface area contributed by atoms with Gasteiger partial charge in [0.1, 0.15) is 12.2 Å². The molecule has 10 atom stereocenters. The first-order valence-electron chi connectivity index (χ1n) is 10.9. The Hall–Kier alpha value is -1.56. The molecular weight excluding hydrogens is 424 g/mol. The summed E-state index contributed by atoms with van der Waals surface area (Å²) in [6, 6.07) is 0. The maximum Gasteiger partial charge on any atom is 0.339 e. The fourth-order valence-corrected chi connectivity index (χ4v) is 7.20. The molecule has 3 heterocycles. The third-order valence-corrected chi connectivity index (χ3v) is 9.00. The van der Waals surface area contributed by atoms with Gasteiger partial charge < -0.3 is 39.0 Å². The number of esters is 2. The first kappa shape index (κ1) is 22.2. The smallest absolute Gasteiger partial charge is 0.339 e. The number of allylic oxidation sites excluding steroid dienone is 1. The van der Waals surface area contributed by atoms with Gasteiger partial charge in [0.05, 0.1) is 6.61 Å². The largest absolute Gasteiger partial charge is 0.463 e. The number of carbonyl (C=O) groups excluding carboxylic acids is 2. The number of carbonyl (C=O) groups is 2. The minimum atomic E-state index is -2.07. The molecule has 5 rings (SSSR count). The highest BCUT2D eigenvalue weighted by Crippen LogP contribution is 2.69. The number of aliphatic hydroxyl groups excluding tert-OH is 1. The van der Waals surface area contributed by atoms with Crippen LogP contribution in [0.2, 0.25) is 0 Å². The molecule has 0 amide bonds. The van der Waals surface area contributed by atoms with Crippen LogP contribution in [-0.2, 0) is 33.3 Å². The summed E-state index contributed by atoms with van der Waals surface area (Å²) in [4.78, 5) is 25.7. The molecule has 0 aromatic carbocycles. The van der Waals surface area contributed by atoms with Gasteiger partial charge in [-0.3, -0.25) is 0 Å². The van der Waals surface area contributed by atoms with Crippen LogP contribution in [0.4, 0.5) is 0 Å². The van der Waals surface area contributed by atoms with E-state index in [9.17, 15) is 24.9 Å². The summed E-state index contributed by atoms with van der Waals surface area (Å²) >= 11 is 0. The molecule has 32 heavy (non-hydrogen) atoms. The van der Waals surface area contributed by atoms with Gasteiger partial charge in [0.2, 0.25) is 0 Å². The molecule has 5 aliphatic rings. The van der Waals surface area contributed by atoms with E-state index in [2.05, 4.69) is 0 Å². The Morgan fingerprint density at radius 1 is 1.16 bits per heavy atom. The average molecular weight is 454 g/mol. The summed E-state index contributed by atoms with van der Waals surface area (Å²) in [6.45, 7) is 3.89. The van der Waals surface area contributed by atoms with Crippen molar-refractivity contribution < 1.29 is 48.6 Å². The van der Waals surface area contributed by atoms with Crippen molar-refractivity contribution in [2.75, 3.05) is 20.8 Å². The van der Waals surface area contributed by atoms with E-state index in [0.29, 0.717) is 18.4 Å². The van der Waals surface area contributed by atoms with Gasteiger partial charge in [-0.15, -0.1) is 0 Å². The van der Waals surface area contributed by atoms with Crippen molar-refractivity contribution in [3.05, 3.63) is 11.6 Å². The number of methoxy groups -OCH3 is 2. The van der Waals surface area contributed by atoms with E-state index in [1.807, 2.05) is 13.8 Å². The third-order valence-electron chi connectivity index (χ3n) is 9.00. The van der Waals surface area contributed by atoms with Crippen LogP contribution in [0.1, 0.15) is 33.1 Å². The molecule has 0 bridgehead atoms. The van der Waals surface area contributed by atoms with Gasteiger partial charge in [0, 0.05) is 36.5 Å². The van der Waals surface area contributed by atoms with Crippen molar-refractivity contribution in [2.45, 2.75) is 69.1 Å². The molecule has 0 radical (unpaired) electrons. The minimum Gasteiger partial charge on any atom is -0.463 e. The Labute approximate surface area is 185 Å². The van der Waals surface area contributed by atoms with E-state index in [0.717, 1.165) is 0 Å². The highest BCUT2D eigenvalue weighted by molar-refractivity contribution is 5.92. The summed E-state index contributed by atoms with van der Waals surface area (Å²) in [5, 5.41) is 33.8. The Balaban J connectivity index is 1.55. The first-order chi connectivity index (χ1) is 15.0. The molecule has 4 fully saturated rings. The van der Waals surface area contributed by atoms with E-state index < -0.39 is 58.8 Å². The molecular formula is C22H30O10. The lowest BCUT2D eigenvalue weighted by Gasteiger charge is -2.55. The van der Waals surface area contributed by atoms with Gasteiger partial charge >= 0.3 is 11.9 Å². The normalized spacial score (nSPS) is 54.4. The standard InChI is InChI=1S/C22H30O10/c1-19-8-13(21(26)14(23)16(28-3)32-18(21)29-4)31-15(24)11(19)5-6-20(2)12(19)7-10-9-30-17(25)22(10,20)27/h5,10,12-14,16,18,23,26-27H,6-9H2,1-4H3/t10-,12-,13-,14+,16-,18+,19+,20+,21+,22+/m0/s1. The molecule has 0 spiro atoms. The van der Waals surface area contributed by atoms with Crippen molar-refractivity contribution >= 4 is 11.9 Å². The number of rotatable bonds is 3. The molecule has 1 saturated carbocycles. The van der Waals surface area contributed by atoms with Gasteiger partial charge in [-0.1, -0.05) is 19.9 Å². The van der Waals surface area contributed by atoms with Crippen molar-refractivity contribution in [3.63, 3.8) is 0 Å². The topological polar surface area (TPSA) is 141 Å². The Bertz CT molecular complexity index is 884. The summed E-state index contributed by atoms with van der Waals surface area (Å²) in [6.07, 6.45) is -2.44. The highest BCUT2D eigenvalue weighted by atomic mass is 16.8. The molecule has 10 heteroatoms. The molecule has 2 aliphatic carbocycles. The highest BCUT2D eigenvalue weighted by Gasteiger charge is 2.75. The molecule has 0 unspecified atom stereocenters. The Morgan fingerprint density at radius 2 is 1.88 bits per heavy atom. The first-order valence-corrected chi connectivity index (χ1v) is 10.9. The predicted octanol–water partition coefficient (Wildman–Crippen LogP) is -0.364. The Kier molecular flexibility index (Phi) is 4.68. The summed E-state index contributed by atoms with van der Waals surface area (Å²) in [7, 11) is 2.64. The lowest BCUT2D eigenvalue weighted by Crippen LogP contribution is -2.64. The quantitative estimate of drug-likeness (QED) is 0.484. The molecule has 10 nitrogen and oxygen atoms in total. The zero-order chi connectivity index (χ0) is 23.3. The third kappa shape index (κ3) is 2.35. The monoisotopic (exact) mass is 454 g/mol. The van der Waals surface area contributed by atoms with Crippen LogP contribution in [0, 0.1) is 22.7 Å². The lowest BCUT2D eigenvalue weighted by atomic mass is 9.51. The zero-order valence-electron chi connectivity index (χ0n) is 18.6. The lowest BCUT2D eigenvalue weighted by molar-refractivity contribution is -0.250. The van der Waals surface area contributed by atoms with Crippen molar-refractivity contribution in [1.29, 1.82) is 0 Å². The second-order valence-corrected chi connectivity index (χ2v) is 10.2. The summed E-state index contributed by atoms with van der Waals surface area (Å²) in [5.41, 5.74) is -4.93. The van der Waals surface area contributed by atoms with Crippen LogP contribution in [-0.4, -0.2) is 84.1 Å². The SMILES string of the molecule is CO[C@H]1O[C@@H](OC)[C@@](O)([C@@H]2C[C@]3(C)C(=CC[C@]4(C)[C@H]3C[C@H]3COC(=O)[C@]34O)C(=O)O2)[C@@H]1O. The number of fused-ring (bicyclic) bond motifs is 5. The predicted molar refractivity (Wildman–Crippen MR) is 105 cm³/mol. The maximum absolute atomic E-state index is 13.1. The fourth-order valence-electron chi connectivity index (χ4n) is 7.20. The number of hydrogen-bond acceptors (Lipinski definition) is 10. The van der Waals surface area contributed by atoms with Gasteiger partial charge in [-0.05, 0) is 25.2 Å². The van der Waals surface area contributed by atoms with Gasteiger partial charge in [-0.2, -0.15) is 0 Å². The fraction of sp³-hybridized carbons (Fsp3) is 0.818.